The van der Waals surface area contributed by atoms with Gasteiger partial charge in [-0.25, -0.2) is 0 Å². The van der Waals surface area contributed by atoms with Gasteiger partial charge in [0.05, 0.1) is 4.47 Å². The fourth-order valence-corrected chi connectivity index (χ4v) is 2.00. The van der Waals surface area contributed by atoms with Gasteiger partial charge in [-0.15, -0.1) is 0 Å². The number of hydrogen-bond acceptors (Lipinski definition) is 2. The van der Waals surface area contributed by atoms with E-state index in [4.69, 9.17) is 22.7 Å². The minimum atomic E-state index is -0.195. The maximum atomic E-state index is 5.70. The van der Waals surface area contributed by atoms with Crippen molar-refractivity contribution in [1.82, 2.24) is 0 Å². The molecule has 4 heteroatoms. The van der Waals surface area contributed by atoms with Gasteiger partial charge in [0.25, 0.3) is 0 Å². The predicted octanol–water partition coefficient (Wildman–Crippen LogP) is 3.20. The van der Waals surface area contributed by atoms with Crippen LogP contribution < -0.4 is 10.5 Å². The highest BCUT2D eigenvalue weighted by Gasteiger charge is 2.12. The lowest BCUT2D eigenvalue weighted by Crippen LogP contribution is -2.31. The monoisotopic (exact) mass is 287 g/mol. The number of benzene rings is 1. The molecule has 2 nitrogen and oxygen atoms in total. The second-order valence-corrected chi connectivity index (χ2v) is 4.68. The number of hydrogen-bond donors (Lipinski definition) is 1. The van der Waals surface area contributed by atoms with E-state index in [1.165, 1.54) is 5.56 Å². The molecular weight excluding hydrogens is 274 g/mol. The molecule has 0 amide bonds. The van der Waals surface area contributed by atoms with Crippen LogP contribution in [0.5, 0.6) is 5.75 Å². The Hall–Kier alpha value is -0.610. The van der Waals surface area contributed by atoms with Crippen molar-refractivity contribution in [1.29, 1.82) is 0 Å². The molecule has 1 unspecified atom stereocenters. The molecule has 0 saturated carbocycles. The van der Waals surface area contributed by atoms with Crippen molar-refractivity contribution < 1.29 is 4.74 Å². The Morgan fingerprint density at radius 2 is 2.27 bits per heavy atom. The molecule has 0 aromatic heterocycles. The van der Waals surface area contributed by atoms with E-state index in [-0.39, 0.29) is 6.10 Å². The molecule has 1 aromatic rings. The molecular formula is C11H14BrNOS. The Morgan fingerprint density at radius 3 is 2.73 bits per heavy atom. The molecule has 0 bridgehead atoms. The summed E-state index contributed by atoms with van der Waals surface area (Å²) in [7, 11) is 0. The highest BCUT2D eigenvalue weighted by Crippen LogP contribution is 2.27. The largest absolute Gasteiger partial charge is 0.482 e. The van der Waals surface area contributed by atoms with Gasteiger partial charge in [-0.1, -0.05) is 25.2 Å². The topological polar surface area (TPSA) is 35.2 Å². The van der Waals surface area contributed by atoms with Crippen molar-refractivity contribution in [2.45, 2.75) is 26.4 Å². The van der Waals surface area contributed by atoms with Crippen LogP contribution in [-0.4, -0.2) is 11.1 Å². The number of rotatable bonds is 4. The molecule has 0 fully saturated rings. The van der Waals surface area contributed by atoms with E-state index in [0.29, 0.717) is 4.99 Å². The molecule has 2 N–H and O–H groups in total. The Morgan fingerprint density at radius 1 is 1.60 bits per heavy atom. The van der Waals surface area contributed by atoms with Gasteiger partial charge < -0.3 is 10.5 Å². The van der Waals surface area contributed by atoms with Gasteiger partial charge >= 0.3 is 0 Å². The summed E-state index contributed by atoms with van der Waals surface area (Å²) >= 11 is 8.37. The Bertz CT molecular complexity index is 368. The molecule has 0 aliphatic heterocycles. The number of halogens is 1. The average Bonchev–Trinajstić information content (AvgIpc) is 2.16. The summed E-state index contributed by atoms with van der Waals surface area (Å²) in [4.78, 5) is 0.393. The fraction of sp³-hybridized carbons (Fsp3) is 0.364. The second kappa shape index (κ2) is 5.47. The van der Waals surface area contributed by atoms with Crippen molar-refractivity contribution in [3.05, 3.63) is 28.2 Å². The van der Waals surface area contributed by atoms with Crippen molar-refractivity contribution in [2.75, 3.05) is 0 Å². The third kappa shape index (κ3) is 3.47. The summed E-state index contributed by atoms with van der Waals surface area (Å²) in [6.45, 7) is 4.02. The summed E-state index contributed by atoms with van der Waals surface area (Å²) in [6, 6.07) is 5.91. The third-order valence-electron chi connectivity index (χ3n) is 2.04. The molecule has 0 aliphatic carbocycles. The van der Waals surface area contributed by atoms with Crippen molar-refractivity contribution in [3.63, 3.8) is 0 Å². The first-order valence-electron chi connectivity index (χ1n) is 4.76. The number of aryl methyl sites for hydroxylation is 1. The number of ether oxygens (including phenoxy) is 1. The van der Waals surface area contributed by atoms with E-state index in [1.54, 1.807) is 0 Å². The van der Waals surface area contributed by atoms with Crippen LogP contribution in [0.4, 0.5) is 0 Å². The quantitative estimate of drug-likeness (QED) is 0.864. The summed E-state index contributed by atoms with van der Waals surface area (Å²) in [5.41, 5.74) is 6.74. The van der Waals surface area contributed by atoms with Gasteiger partial charge in [0.1, 0.15) is 16.8 Å². The van der Waals surface area contributed by atoms with Gasteiger partial charge in [-0.2, -0.15) is 0 Å². The minimum absolute atomic E-state index is 0.195. The average molecular weight is 288 g/mol. The van der Waals surface area contributed by atoms with Crippen LogP contribution in [0.2, 0.25) is 0 Å². The van der Waals surface area contributed by atoms with Gasteiger partial charge in [-0.05, 0) is 47.0 Å². The maximum absolute atomic E-state index is 5.70. The summed E-state index contributed by atoms with van der Waals surface area (Å²) in [5.74, 6) is 0.778. The van der Waals surface area contributed by atoms with Crippen LogP contribution in [0.1, 0.15) is 18.9 Å². The summed E-state index contributed by atoms with van der Waals surface area (Å²) in [6.07, 6.45) is 0.578. The van der Waals surface area contributed by atoms with Crippen LogP contribution in [0.15, 0.2) is 22.7 Å². The standard InChI is InChI=1S/C11H14BrNOS/c1-3-9(11(13)15)14-10-5-4-7(2)6-8(10)12/h4-6,9H,3H2,1-2H3,(H2,13,15). The molecule has 82 valence electrons. The van der Waals surface area contributed by atoms with Crippen LogP contribution in [-0.2, 0) is 0 Å². The highest BCUT2D eigenvalue weighted by atomic mass is 79.9. The number of nitrogens with two attached hydrogens (primary N) is 1. The highest BCUT2D eigenvalue weighted by molar-refractivity contribution is 9.10. The summed E-state index contributed by atoms with van der Waals surface area (Å²) < 4.78 is 6.63. The SMILES string of the molecule is CCC(Oc1ccc(C)cc1Br)C(N)=S. The van der Waals surface area contributed by atoms with E-state index in [9.17, 15) is 0 Å². The second-order valence-electron chi connectivity index (χ2n) is 3.35. The lowest BCUT2D eigenvalue weighted by molar-refractivity contribution is 0.262. The van der Waals surface area contributed by atoms with Crippen molar-refractivity contribution in [2.24, 2.45) is 5.73 Å². The Balaban J connectivity index is 2.84. The van der Waals surface area contributed by atoms with Gasteiger partial charge in [0.15, 0.2) is 0 Å². The van der Waals surface area contributed by atoms with E-state index in [0.717, 1.165) is 16.6 Å². The smallest absolute Gasteiger partial charge is 0.148 e. The molecule has 0 saturated heterocycles. The third-order valence-corrected chi connectivity index (χ3v) is 2.93. The minimum Gasteiger partial charge on any atom is -0.482 e. The van der Waals surface area contributed by atoms with Crippen molar-refractivity contribution in [3.8, 4) is 5.75 Å². The molecule has 1 atom stereocenters. The lowest BCUT2D eigenvalue weighted by Gasteiger charge is -2.17. The normalized spacial score (nSPS) is 12.2. The zero-order valence-electron chi connectivity index (χ0n) is 8.79. The Labute approximate surface area is 104 Å². The zero-order chi connectivity index (χ0) is 11.4. The molecule has 1 aromatic carbocycles. The van der Waals surface area contributed by atoms with Gasteiger partial charge in [-0.3, -0.25) is 0 Å². The molecule has 0 heterocycles. The lowest BCUT2D eigenvalue weighted by atomic mass is 10.2. The predicted molar refractivity (Wildman–Crippen MR) is 70.4 cm³/mol. The Kier molecular flexibility index (Phi) is 4.54. The molecule has 0 spiro atoms. The molecule has 0 radical (unpaired) electrons. The van der Waals surface area contributed by atoms with Gasteiger partial charge in [0, 0.05) is 0 Å². The summed E-state index contributed by atoms with van der Waals surface area (Å²) in [5, 5.41) is 0. The van der Waals surface area contributed by atoms with E-state index in [2.05, 4.69) is 15.9 Å². The molecule has 1 rings (SSSR count). The first-order chi connectivity index (χ1) is 7.04. The first-order valence-corrected chi connectivity index (χ1v) is 5.96. The number of thiocarbonyl (C=S) groups is 1. The first kappa shape index (κ1) is 12.5. The van der Waals surface area contributed by atoms with Crippen LogP contribution in [0.3, 0.4) is 0 Å². The van der Waals surface area contributed by atoms with E-state index in [1.807, 2.05) is 32.0 Å². The van der Waals surface area contributed by atoms with Gasteiger partial charge in [0.2, 0.25) is 0 Å². The van der Waals surface area contributed by atoms with Crippen LogP contribution in [0, 0.1) is 6.92 Å². The molecule has 0 aliphatic rings. The fourth-order valence-electron chi connectivity index (χ4n) is 1.20. The van der Waals surface area contributed by atoms with E-state index < -0.39 is 0 Å². The van der Waals surface area contributed by atoms with Crippen molar-refractivity contribution >= 4 is 33.1 Å². The maximum Gasteiger partial charge on any atom is 0.148 e. The zero-order valence-corrected chi connectivity index (χ0v) is 11.2. The molecule has 15 heavy (non-hydrogen) atoms. The van der Waals surface area contributed by atoms with Crippen LogP contribution in [0.25, 0.3) is 0 Å². The van der Waals surface area contributed by atoms with E-state index >= 15 is 0 Å². The van der Waals surface area contributed by atoms with Crippen LogP contribution >= 0.6 is 28.1 Å².